The van der Waals surface area contributed by atoms with Crippen LogP contribution < -0.4 is 0 Å². The van der Waals surface area contributed by atoms with Crippen molar-refractivity contribution in [3.05, 3.63) is 11.0 Å². The van der Waals surface area contributed by atoms with Gasteiger partial charge in [0.1, 0.15) is 6.07 Å². The molecule has 1 nitrogen and oxygen atoms in total. The average Bonchev–Trinajstić information content (AvgIpc) is 2.24. The van der Waals surface area contributed by atoms with Gasteiger partial charge in [-0.1, -0.05) is 6.08 Å². The van der Waals surface area contributed by atoms with Crippen LogP contribution in [0.1, 0.15) is 38.5 Å². The molecule has 0 heterocycles. The summed E-state index contributed by atoms with van der Waals surface area (Å²) < 4.78 is 0. The minimum atomic E-state index is 0.419. The quantitative estimate of drug-likeness (QED) is 0.674. The van der Waals surface area contributed by atoms with E-state index in [1.165, 1.54) is 38.5 Å². The van der Waals surface area contributed by atoms with Gasteiger partial charge in [-0.05, 0) is 67.9 Å². The summed E-state index contributed by atoms with van der Waals surface area (Å²) in [6, 6.07) is 2.35. The molecular weight excluding hydrogens is 214 g/mol. The first-order valence-electron chi connectivity index (χ1n) is 6.40. The van der Waals surface area contributed by atoms with Crippen molar-refractivity contribution in [3.63, 3.8) is 0 Å². The van der Waals surface area contributed by atoms with Crippen LogP contribution in [0.4, 0.5) is 0 Å². The number of allylic oxidation sites excluding steroid dienone is 2. The summed E-state index contributed by atoms with van der Waals surface area (Å²) in [5.74, 6) is 2.93. The smallest absolute Gasteiger partial charge is 0.106 e. The fourth-order valence-electron chi connectivity index (χ4n) is 4.77. The van der Waals surface area contributed by atoms with E-state index in [-0.39, 0.29) is 0 Å². The Bertz CT molecular complexity index is 328. The largest absolute Gasteiger partial charge is 0.192 e. The monoisotopic (exact) mass is 233 g/mol. The number of hydrogen-bond acceptors (Lipinski definition) is 2. The van der Waals surface area contributed by atoms with Crippen molar-refractivity contribution >= 4 is 11.8 Å². The summed E-state index contributed by atoms with van der Waals surface area (Å²) >= 11 is 1.62. The SMILES string of the molecule is CS/C(C#N)=C/C12CC3CC(CC(C3)C1)C2. The number of nitriles is 1. The molecule has 0 aromatic heterocycles. The van der Waals surface area contributed by atoms with Crippen LogP contribution in [0, 0.1) is 34.5 Å². The Hall–Kier alpha value is -0.420. The molecule has 2 heteroatoms. The second kappa shape index (κ2) is 3.81. The molecule has 4 aliphatic rings. The molecule has 0 radical (unpaired) electrons. The van der Waals surface area contributed by atoms with Crippen LogP contribution in [0.5, 0.6) is 0 Å². The zero-order valence-corrected chi connectivity index (χ0v) is 10.7. The van der Waals surface area contributed by atoms with E-state index >= 15 is 0 Å². The zero-order chi connectivity index (χ0) is 11.2. The van der Waals surface area contributed by atoms with Gasteiger partial charge in [0.2, 0.25) is 0 Å². The molecule has 0 N–H and O–H groups in total. The summed E-state index contributed by atoms with van der Waals surface area (Å²) in [6.07, 6.45) is 12.9. The van der Waals surface area contributed by atoms with Gasteiger partial charge in [0, 0.05) is 0 Å². The fourth-order valence-corrected chi connectivity index (χ4v) is 5.23. The Balaban J connectivity index is 1.89. The van der Waals surface area contributed by atoms with Gasteiger partial charge in [-0.15, -0.1) is 11.8 Å². The number of thioether (sulfide) groups is 1. The highest BCUT2D eigenvalue weighted by Gasteiger charge is 2.49. The lowest BCUT2D eigenvalue weighted by atomic mass is 9.49. The lowest BCUT2D eigenvalue weighted by molar-refractivity contribution is -0.0238. The van der Waals surface area contributed by atoms with E-state index in [9.17, 15) is 0 Å². The normalized spacial score (nSPS) is 45.8. The molecular formula is C14H19NS. The highest BCUT2D eigenvalue weighted by atomic mass is 32.2. The second-order valence-electron chi connectivity index (χ2n) is 6.10. The van der Waals surface area contributed by atoms with Crippen molar-refractivity contribution in [3.8, 4) is 6.07 Å². The summed E-state index contributed by atoms with van der Waals surface area (Å²) in [7, 11) is 0. The zero-order valence-electron chi connectivity index (χ0n) is 9.91. The minimum Gasteiger partial charge on any atom is -0.192 e. The molecule has 0 amide bonds. The second-order valence-corrected chi connectivity index (χ2v) is 6.95. The van der Waals surface area contributed by atoms with Crippen molar-refractivity contribution in [2.45, 2.75) is 38.5 Å². The number of nitrogens with zero attached hydrogens (tertiary/aromatic N) is 1. The number of rotatable bonds is 2. The molecule has 0 unspecified atom stereocenters. The molecule has 4 fully saturated rings. The Morgan fingerprint density at radius 3 is 2.06 bits per heavy atom. The van der Waals surface area contributed by atoms with E-state index in [2.05, 4.69) is 12.1 Å². The van der Waals surface area contributed by atoms with E-state index in [4.69, 9.17) is 5.26 Å². The van der Waals surface area contributed by atoms with Crippen molar-refractivity contribution in [2.24, 2.45) is 23.2 Å². The molecule has 4 aliphatic carbocycles. The molecule has 4 saturated carbocycles. The molecule has 86 valence electrons. The van der Waals surface area contributed by atoms with Gasteiger partial charge in [0.15, 0.2) is 0 Å². The highest BCUT2D eigenvalue weighted by Crippen LogP contribution is 2.61. The maximum atomic E-state index is 9.09. The predicted molar refractivity (Wildman–Crippen MR) is 67.8 cm³/mol. The van der Waals surface area contributed by atoms with Crippen LogP contribution in [0.3, 0.4) is 0 Å². The van der Waals surface area contributed by atoms with E-state index in [1.54, 1.807) is 11.8 Å². The number of hydrogen-bond donors (Lipinski definition) is 0. The standard InChI is InChI=1S/C14H19NS/c1-16-13(9-15)8-14-5-10-2-11(6-14)4-12(3-10)7-14/h8,10-12H,2-7H2,1H3/b13-8+. The molecule has 0 aliphatic heterocycles. The van der Waals surface area contributed by atoms with Gasteiger partial charge in [-0.2, -0.15) is 5.26 Å². The van der Waals surface area contributed by atoms with Crippen LogP contribution in [-0.4, -0.2) is 6.26 Å². The molecule has 16 heavy (non-hydrogen) atoms. The van der Waals surface area contributed by atoms with Crippen LogP contribution in [0.15, 0.2) is 11.0 Å². The molecule has 0 saturated heterocycles. The minimum absolute atomic E-state index is 0.419. The third-order valence-corrected chi connectivity index (χ3v) is 5.50. The van der Waals surface area contributed by atoms with Crippen molar-refractivity contribution in [1.29, 1.82) is 5.26 Å². The molecule has 4 bridgehead atoms. The molecule has 4 rings (SSSR count). The summed E-state index contributed by atoms with van der Waals surface area (Å²) in [6.45, 7) is 0. The average molecular weight is 233 g/mol. The predicted octanol–water partition coefficient (Wildman–Crippen LogP) is 3.97. The van der Waals surface area contributed by atoms with E-state index in [0.29, 0.717) is 5.41 Å². The lowest BCUT2D eigenvalue weighted by Crippen LogP contribution is -2.45. The van der Waals surface area contributed by atoms with E-state index in [1.807, 2.05) is 6.26 Å². The molecule has 0 aromatic carbocycles. The van der Waals surface area contributed by atoms with Crippen LogP contribution in [0.2, 0.25) is 0 Å². The van der Waals surface area contributed by atoms with Crippen molar-refractivity contribution < 1.29 is 0 Å². The molecule has 0 atom stereocenters. The summed E-state index contributed by atoms with van der Waals surface area (Å²) in [5.41, 5.74) is 0.419. The first-order chi connectivity index (χ1) is 7.73. The van der Waals surface area contributed by atoms with Crippen LogP contribution in [0.25, 0.3) is 0 Å². The van der Waals surface area contributed by atoms with Crippen LogP contribution >= 0.6 is 11.8 Å². The third kappa shape index (κ3) is 1.70. The molecule has 0 aromatic rings. The Morgan fingerprint density at radius 1 is 1.19 bits per heavy atom. The van der Waals surface area contributed by atoms with Crippen molar-refractivity contribution in [2.75, 3.05) is 6.26 Å². The van der Waals surface area contributed by atoms with Gasteiger partial charge in [-0.25, -0.2) is 0 Å². The molecule has 0 spiro atoms. The van der Waals surface area contributed by atoms with Crippen LogP contribution in [-0.2, 0) is 0 Å². The van der Waals surface area contributed by atoms with Crippen molar-refractivity contribution in [1.82, 2.24) is 0 Å². The van der Waals surface area contributed by atoms with Gasteiger partial charge < -0.3 is 0 Å². The summed E-state index contributed by atoms with van der Waals surface area (Å²) in [5, 5.41) is 9.09. The summed E-state index contributed by atoms with van der Waals surface area (Å²) in [4.78, 5) is 0.946. The third-order valence-electron chi connectivity index (χ3n) is 4.85. The fraction of sp³-hybridized carbons (Fsp3) is 0.786. The van der Waals surface area contributed by atoms with Gasteiger partial charge in [0.25, 0.3) is 0 Å². The Kier molecular flexibility index (Phi) is 2.55. The van der Waals surface area contributed by atoms with Gasteiger partial charge in [-0.3, -0.25) is 0 Å². The maximum Gasteiger partial charge on any atom is 0.106 e. The van der Waals surface area contributed by atoms with Gasteiger partial charge >= 0.3 is 0 Å². The Labute approximate surface area is 102 Å². The van der Waals surface area contributed by atoms with E-state index < -0.39 is 0 Å². The maximum absolute atomic E-state index is 9.09. The first kappa shape index (κ1) is 10.7. The van der Waals surface area contributed by atoms with E-state index in [0.717, 1.165) is 22.7 Å². The van der Waals surface area contributed by atoms with Gasteiger partial charge in [0.05, 0.1) is 4.91 Å². The Morgan fingerprint density at radius 2 is 1.69 bits per heavy atom. The highest BCUT2D eigenvalue weighted by molar-refractivity contribution is 8.02. The lowest BCUT2D eigenvalue weighted by Gasteiger charge is -2.55. The topological polar surface area (TPSA) is 23.8 Å². The first-order valence-corrected chi connectivity index (χ1v) is 7.62.